The molecule has 2 aromatic heterocycles. The van der Waals surface area contributed by atoms with Gasteiger partial charge in [-0.25, -0.2) is 4.79 Å². The van der Waals surface area contributed by atoms with E-state index in [1.165, 1.54) is 55.7 Å². The molecule has 12 heteroatoms. The molecule has 1 N–H and O–H groups in total. The number of aryl methyl sites for hydroxylation is 4. The van der Waals surface area contributed by atoms with Crippen molar-refractivity contribution in [2.75, 3.05) is 32.8 Å². The Morgan fingerprint density at radius 2 is 1.13 bits per heavy atom. The molecule has 4 aromatic rings. The molecule has 4 heterocycles. The average Bonchev–Trinajstić information content (AvgIpc) is 3.40. The third-order valence-corrected chi connectivity index (χ3v) is 12.8. The van der Waals surface area contributed by atoms with E-state index in [2.05, 4.69) is 93.3 Å². The van der Waals surface area contributed by atoms with Gasteiger partial charge in [-0.3, -0.25) is 9.97 Å². The summed E-state index contributed by atoms with van der Waals surface area (Å²) in [5, 5.41) is 4.98. The summed E-state index contributed by atoms with van der Waals surface area (Å²) in [5.41, 5.74) is 15.0. The normalized spacial score (nSPS) is 16.7. The van der Waals surface area contributed by atoms with Crippen LogP contribution in [-0.2, 0) is 30.4 Å². The number of amides is 1. The first-order valence-corrected chi connectivity index (χ1v) is 21.9. The molecule has 2 saturated heterocycles. The van der Waals surface area contributed by atoms with Crippen LogP contribution in [0.4, 0.5) is 4.79 Å². The van der Waals surface area contributed by atoms with Gasteiger partial charge in [0.25, 0.3) is 0 Å². The second kappa shape index (κ2) is 17.4. The van der Waals surface area contributed by atoms with E-state index >= 15 is 0 Å². The molecule has 4 aliphatic rings. The number of ether oxygens (including phenoxy) is 1. The molecule has 0 atom stereocenters. The van der Waals surface area contributed by atoms with Gasteiger partial charge in [-0.1, -0.05) is 66.2 Å². The zero-order valence-corrected chi connectivity index (χ0v) is 37.1. The first kappa shape index (κ1) is 39.2. The van der Waals surface area contributed by atoms with E-state index < -0.39 is 0 Å². The van der Waals surface area contributed by atoms with Crippen LogP contribution < -0.4 is 5.32 Å². The van der Waals surface area contributed by atoms with Crippen molar-refractivity contribution >= 4 is 104 Å². The molecule has 2 aliphatic carbocycles. The van der Waals surface area contributed by atoms with Crippen molar-refractivity contribution in [3.05, 3.63) is 133 Å². The van der Waals surface area contributed by atoms with Gasteiger partial charge in [-0.2, -0.15) is 0 Å². The van der Waals surface area contributed by atoms with Crippen LogP contribution in [0.2, 0.25) is 10.0 Å². The van der Waals surface area contributed by atoms with Gasteiger partial charge in [0.1, 0.15) is 0 Å². The molecular weight excluding hydrogens is 971 g/mol. The lowest BCUT2D eigenvalue weighted by Gasteiger charge is -2.29. The average molecular weight is 1010 g/mol. The number of rotatable bonds is 1. The highest BCUT2D eigenvalue weighted by Crippen LogP contribution is 2.44. The second-order valence-electron chi connectivity index (χ2n) is 13.6. The molecule has 0 saturated carbocycles. The summed E-state index contributed by atoms with van der Waals surface area (Å²) in [6, 6.07) is 12.5. The van der Waals surface area contributed by atoms with Crippen LogP contribution in [-0.4, -0.2) is 53.7 Å². The minimum atomic E-state index is -0.228. The van der Waals surface area contributed by atoms with Crippen molar-refractivity contribution in [1.29, 1.82) is 0 Å². The number of carbonyl (C=O) groups is 1. The van der Waals surface area contributed by atoms with Crippen molar-refractivity contribution < 1.29 is 9.53 Å². The topological polar surface area (TPSA) is 67.3 Å². The van der Waals surface area contributed by atoms with Gasteiger partial charge in [-0.15, -0.1) is 0 Å². The van der Waals surface area contributed by atoms with E-state index in [1.807, 2.05) is 31.5 Å². The number of nitrogens with one attached hydrogen (secondary N) is 1. The van der Waals surface area contributed by atoms with E-state index in [0.717, 1.165) is 104 Å². The predicted octanol–water partition coefficient (Wildman–Crippen LogP) is 12.0. The summed E-state index contributed by atoms with van der Waals surface area (Å²) in [5.74, 6) is 0. The third-order valence-electron chi connectivity index (χ3n) is 10.2. The Morgan fingerprint density at radius 3 is 1.60 bits per heavy atom. The Bertz CT molecular complexity index is 2140. The lowest BCUT2D eigenvalue weighted by atomic mass is 9.88. The molecule has 6 nitrogen and oxygen atoms in total. The highest BCUT2D eigenvalue weighted by molar-refractivity contribution is 9.11. The number of hydrogen-bond acceptors (Lipinski definition) is 5. The summed E-state index contributed by atoms with van der Waals surface area (Å²) in [7, 11) is 0. The van der Waals surface area contributed by atoms with Crippen LogP contribution in [0.1, 0.15) is 77.4 Å². The summed E-state index contributed by atoms with van der Waals surface area (Å²) >= 11 is 27.4. The number of likely N-dealkylation sites (tertiary alicyclic amines) is 1. The maximum absolute atomic E-state index is 12.1. The van der Waals surface area contributed by atoms with Crippen molar-refractivity contribution in [1.82, 2.24) is 20.2 Å². The minimum absolute atomic E-state index is 0.228. The smallest absolute Gasteiger partial charge is 0.409 e. The summed E-state index contributed by atoms with van der Waals surface area (Å²) in [6.07, 6.45) is 11.1. The van der Waals surface area contributed by atoms with Gasteiger partial charge in [0.15, 0.2) is 0 Å². The van der Waals surface area contributed by atoms with Gasteiger partial charge in [0, 0.05) is 75.7 Å². The highest BCUT2D eigenvalue weighted by atomic mass is 79.9. The van der Waals surface area contributed by atoms with E-state index in [0.29, 0.717) is 19.7 Å². The largest absolute Gasteiger partial charge is 0.450 e. The fraction of sp³-hybridized carbons (Fsp3) is 0.341. The van der Waals surface area contributed by atoms with Gasteiger partial charge in [0.2, 0.25) is 0 Å². The number of nitrogens with zero attached hydrogens (tertiary/aromatic N) is 3. The van der Waals surface area contributed by atoms with Crippen molar-refractivity contribution in [2.24, 2.45) is 0 Å². The van der Waals surface area contributed by atoms with Crippen LogP contribution >= 0.6 is 86.9 Å². The fourth-order valence-corrected chi connectivity index (χ4v) is 10.8. The third kappa shape index (κ3) is 8.69. The first-order chi connectivity index (χ1) is 25.6. The van der Waals surface area contributed by atoms with Gasteiger partial charge in [0.05, 0.1) is 18.0 Å². The lowest BCUT2D eigenvalue weighted by molar-refractivity contribution is 0.104. The number of pyridine rings is 2. The monoisotopic (exact) mass is 1000 g/mol. The quantitative estimate of drug-likeness (QED) is 0.206. The first-order valence-electron chi connectivity index (χ1n) is 17.9. The van der Waals surface area contributed by atoms with Crippen LogP contribution in [0.15, 0.2) is 77.8 Å². The second-order valence-corrected chi connectivity index (χ2v) is 18.0. The Hall–Kier alpha value is -2.05. The Morgan fingerprint density at radius 1 is 0.679 bits per heavy atom. The molecule has 0 unspecified atom stereocenters. The van der Waals surface area contributed by atoms with Crippen LogP contribution in [0.25, 0.3) is 11.1 Å². The van der Waals surface area contributed by atoms with Crippen molar-refractivity contribution in [3.63, 3.8) is 0 Å². The maximum atomic E-state index is 12.1. The Kier molecular flexibility index (Phi) is 12.9. The molecule has 8 rings (SSSR count). The number of halogens is 6. The van der Waals surface area contributed by atoms with Crippen LogP contribution in [0, 0.1) is 0 Å². The molecule has 0 bridgehead atoms. The van der Waals surface area contributed by atoms with E-state index in [-0.39, 0.29) is 6.09 Å². The molecule has 2 aliphatic heterocycles. The SMILES string of the molecule is CCOC(=O)N1CCC(=C2c3ncc(Br)cc3CCc3cc(Cl)cc(Br)c32)CC1.Clc1cc(Br)c2c(c1)CCc1cc(Br)cnc1C2=C1CCNCC1. The van der Waals surface area contributed by atoms with Crippen LogP contribution in [0.3, 0.4) is 0 Å². The van der Waals surface area contributed by atoms with E-state index in [4.69, 9.17) is 37.9 Å². The Labute approximate surface area is 354 Å². The zero-order valence-electron chi connectivity index (χ0n) is 29.2. The molecule has 2 aromatic carbocycles. The van der Waals surface area contributed by atoms with Crippen LogP contribution in [0.5, 0.6) is 0 Å². The molecule has 2 fully saturated rings. The number of piperidine rings is 2. The molecule has 276 valence electrons. The van der Waals surface area contributed by atoms with Gasteiger partial charge in [-0.05, 0) is 162 Å². The number of aromatic nitrogens is 2. The number of hydrogen-bond donors (Lipinski definition) is 1. The fourth-order valence-electron chi connectivity index (χ4n) is 7.87. The number of carbonyl (C=O) groups excluding carboxylic acids is 1. The van der Waals surface area contributed by atoms with Gasteiger partial charge < -0.3 is 15.0 Å². The molecular formula is C41H38Br4Cl2N4O2. The van der Waals surface area contributed by atoms with Crippen molar-refractivity contribution in [2.45, 2.75) is 58.3 Å². The van der Waals surface area contributed by atoms with E-state index in [9.17, 15) is 4.79 Å². The maximum Gasteiger partial charge on any atom is 0.409 e. The lowest BCUT2D eigenvalue weighted by Crippen LogP contribution is -2.37. The Balaban J connectivity index is 0.000000167. The molecule has 1 amide bonds. The van der Waals surface area contributed by atoms with Crippen molar-refractivity contribution in [3.8, 4) is 0 Å². The summed E-state index contributed by atoms with van der Waals surface area (Å²) in [4.78, 5) is 23.5. The zero-order chi connectivity index (χ0) is 37.2. The number of benzene rings is 2. The summed E-state index contributed by atoms with van der Waals surface area (Å²) in [6.45, 7) is 5.61. The minimum Gasteiger partial charge on any atom is -0.450 e. The molecule has 53 heavy (non-hydrogen) atoms. The standard InChI is InChI=1S/C22H21Br2ClN2O2.C19H17Br2ClN2/c1-2-29-22(28)27-7-5-13(6-8-27)20-19-14(10-17(25)11-18(19)24)3-4-15-9-16(23)12-26-21(15)20;20-14-7-13-2-1-12-8-15(22)9-16(21)17(12)18(19(13)24-10-14)11-3-5-23-6-4-11/h9-12H,2-8H2,1H3;7-10,23H,1-6H2. The number of fused-ring (bicyclic) bond motifs is 4. The molecule has 0 radical (unpaired) electrons. The van der Waals surface area contributed by atoms with Gasteiger partial charge >= 0.3 is 6.09 Å². The molecule has 0 spiro atoms. The predicted molar refractivity (Wildman–Crippen MR) is 229 cm³/mol. The van der Waals surface area contributed by atoms with E-state index in [1.54, 1.807) is 4.90 Å². The highest BCUT2D eigenvalue weighted by Gasteiger charge is 2.29. The summed E-state index contributed by atoms with van der Waals surface area (Å²) < 4.78 is 9.26.